The first kappa shape index (κ1) is 7.63. The van der Waals surface area contributed by atoms with Crippen LogP contribution in [0.4, 0.5) is 0 Å². The molecule has 0 spiro atoms. The van der Waals surface area contributed by atoms with E-state index in [9.17, 15) is 4.79 Å². The van der Waals surface area contributed by atoms with Gasteiger partial charge < -0.3 is 4.57 Å². The van der Waals surface area contributed by atoms with Crippen LogP contribution in [-0.2, 0) is 7.05 Å². The molecular weight excluding hydrogens is 173 g/mol. The Morgan fingerprint density at radius 3 is 2.60 bits per heavy atom. The SMILES string of the molecule is Cn1cc(Cl)c(=O)cc1Cl. The first-order valence-corrected chi connectivity index (χ1v) is 3.38. The number of pyridine rings is 1. The third-order valence-corrected chi connectivity index (χ3v) is 1.79. The smallest absolute Gasteiger partial charge is 0.201 e. The largest absolute Gasteiger partial charge is 0.340 e. The number of halogens is 2. The predicted octanol–water partition coefficient (Wildman–Crippen LogP) is 1.69. The highest BCUT2D eigenvalue weighted by Gasteiger charge is 1.97. The van der Waals surface area contributed by atoms with Gasteiger partial charge in [0.25, 0.3) is 0 Å². The fourth-order valence-corrected chi connectivity index (χ4v) is 0.923. The fourth-order valence-electron chi connectivity index (χ4n) is 0.574. The number of aromatic nitrogens is 1. The van der Waals surface area contributed by atoms with E-state index >= 15 is 0 Å². The van der Waals surface area contributed by atoms with E-state index < -0.39 is 0 Å². The Morgan fingerprint density at radius 1 is 1.50 bits per heavy atom. The van der Waals surface area contributed by atoms with Gasteiger partial charge in [-0.15, -0.1) is 0 Å². The maximum absolute atomic E-state index is 10.8. The van der Waals surface area contributed by atoms with Crippen molar-refractivity contribution in [2.24, 2.45) is 7.05 Å². The van der Waals surface area contributed by atoms with Gasteiger partial charge in [0.05, 0.1) is 0 Å². The van der Waals surface area contributed by atoms with E-state index in [0.717, 1.165) is 0 Å². The number of rotatable bonds is 0. The van der Waals surface area contributed by atoms with Gasteiger partial charge in [-0.1, -0.05) is 23.2 Å². The Morgan fingerprint density at radius 2 is 2.10 bits per heavy atom. The van der Waals surface area contributed by atoms with Crippen LogP contribution in [0.1, 0.15) is 0 Å². The van der Waals surface area contributed by atoms with Crippen molar-refractivity contribution >= 4 is 23.2 Å². The van der Waals surface area contributed by atoms with Crippen molar-refractivity contribution in [2.45, 2.75) is 0 Å². The Labute approximate surface area is 68.0 Å². The molecule has 0 aromatic carbocycles. The lowest BCUT2D eigenvalue weighted by Gasteiger charge is -1.99. The molecule has 1 heterocycles. The molecule has 0 N–H and O–H groups in total. The van der Waals surface area contributed by atoms with Crippen LogP contribution in [-0.4, -0.2) is 4.57 Å². The first-order valence-electron chi connectivity index (χ1n) is 2.63. The second-order valence-corrected chi connectivity index (χ2v) is 2.71. The lowest BCUT2D eigenvalue weighted by Crippen LogP contribution is -2.04. The predicted molar refractivity (Wildman–Crippen MR) is 41.7 cm³/mol. The van der Waals surface area contributed by atoms with Crippen molar-refractivity contribution in [3.05, 3.63) is 32.7 Å². The Bertz CT molecular complexity index is 305. The fraction of sp³-hybridized carbons (Fsp3) is 0.167. The van der Waals surface area contributed by atoms with E-state index in [0.29, 0.717) is 5.15 Å². The van der Waals surface area contributed by atoms with Gasteiger partial charge in [0, 0.05) is 19.3 Å². The molecule has 0 aliphatic rings. The molecular formula is C6H5Cl2NO. The van der Waals surface area contributed by atoms with Crippen molar-refractivity contribution < 1.29 is 0 Å². The average molecular weight is 178 g/mol. The molecule has 0 saturated heterocycles. The van der Waals surface area contributed by atoms with Crippen LogP contribution >= 0.6 is 23.2 Å². The number of aryl methyl sites for hydroxylation is 1. The molecule has 2 nitrogen and oxygen atoms in total. The minimum Gasteiger partial charge on any atom is -0.340 e. The average Bonchev–Trinajstić information content (AvgIpc) is 1.84. The molecule has 54 valence electrons. The zero-order chi connectivity index (χ0) is 7.72. The maximum atomic E-state index is 10.8. The van der Waals surface area contributed by atoms with Gasteiger partial charge in [-0.3, -0.25) is 4.79 Å². The van der Waals surface area contributed by atoms with Crippen LogP contribution in [0.25, 0.3) is 0 Å². The van der Waals surface area contributed by atoms with Gasteiger partial charge in [-0.05, 0) is 0 Å². The molecule has 4 heteroatoms. The number of hydrogen-bond acceptors (Lipinski definition) is 1. The summed E-state index contributed by atoms with van der Waals surface area (Å²) in [5.74, 6) is 0. The highest BCUT2D eigenvalue weighted by atomic mass is 35.5. The summed E-state index contributed by atoms with van der Waals surface area (Å²) in [6.45, 7) is 0. The molecule has 0 aliphatic heterocycles. The van der Waals surface area contributed by atoms with Gasteiger partial charge in [0.1, 0.15) is 10.2 Å². The zero-order valence-corrected chi connectivity index (χ0v) is 6.78. The highest BCUT2D eigenvalue weighted by Crippen LogP contribution is 2.07. The van der Waals surface area contributed by atoms with E-state index in [1.54, 1.807) is 11.6 Å². The van der Waals surface area contributed by atoms with Crippen molar-refractivity contribution in [3.63, 3.8) is 0 Å². The summed E-state index contributed by atoms with van der Waals surface area (Å²) in [6, 6.07) is 1.28. The van der Waals surface area contributed by atoms with Crippen molar-refractivity contribution in [2.75, 3.05) is 0 Å². The zero-order valence-electron chi connectivity index (χ0n) is 5.27. The molecule has 0 fully saturated rings. The molecule has 0 atom stereocenters. The van der Waals surface area contributed by atoms with Crippen LogP contribution in [0.5, 0.6) is 0 Å². The quantitative estimate of drug-likeness (QED) is 0.554. The summed E-state index contributed by atoms with van der Waals surface area (Å²) in [6.07, 6.45) is 1.48. The number of hydrogen-bond donors (Lipinski definition) is 0. The molecule has 0 radical (unpaired) electrons. The molecule has 1 rings (SSSR count). The summed E-state index contributed by atoms with van der Waals surface area (Å²) < 4.78 is 1.57. The van der Waals surface area contributed by atoms with Crippen molar-refractivity contribution in [1.82, 2.24) is 4.57 Å². The van der Waals surface area contributed by atoms with Gasteiger partial charge in [0.15, 0.2) is 0 Å². The third kappa shape index (κ3) is 1.33. The van der Waals surface area contributed by atoms with Crippen LogP contribution < -0.4 is 5.43 Å². The van der Waals surface area contributed by atoms with Crippen LogP contribution in [0.2, 0.25) is 10.2 Å². The molecule has 1 aromatic heterocycles. The van der Waals surface area contributed by atoms with Gasteiger partial charge in [-0.25, -0.2) is 0 Å². The van der Waals surface area contributed by atoms with E-state index in [1.165, 1.54) is 12.3 Å². The normalized spacial score (nSPS) is 9.90. The number of nitrogens with zero attached hydrogens (tertiary/aromatic N) is 1. The summed E-state index contributed by atoms with van der Waals surface area (Å²) in [4.78, 5) is 10.8. The molecule has 0 amide bonds. The van der Waals surface area contributed by atoms with Crippen molar-refractivity contribution in [3.8, 4) is 0 Å². The van der Waals surface area contributed by atoms with Gasteiger partial charge in [-0.2, -0.15) is 0 Å². The molecule has 10 heavy (non-hydrogen) atoms. The van der Waals surface area contributed by atoms with Gasteiger partial charge in [0.2, 0.25) is 5.43 Å². The Kier molecular flexibility index (Phi) is 2.02. The van der Waals surface area contributed by atoms with Crippen molar-refractivity contribution in [1.29, 1.82) is 0 Å². The molecule has 0 bridgehead atoms. The van der Waals surface area contributed by atoms with E-state index in [1.807, 2.05) is 0 Å². The van der Waals surface area contributed by atoms with Crippen LogP contribution in [0, 0.1) is 0 Å². The molecule has 0 saturated carbocycles. The molecule has 0 aliphatic carbocycles. The third-order valence-electron chi connectivity index (χ3n) is 1.13. The first-order chi connectivity index (χ1) is 4.61. The highest BCUT2D eigenvalue weighted by molar-refractivity contribution is 6.32. The van der Waals surface area contributed by atoms with E-state index in [2.05, 4.69) is 0 Å². The lowest BCUT2D eigenvalue weighted by atomic mass is 10.5. The summed E-state index contributed by atoms with van der Waals surface area (Å²) in [7, 11) is 1.72. The maximum Gasteiger partial charge on any atom is 0.201 e. The van der Waals surface area contributed by atoms with Gasteiger partial charge >= 0.3 is 0 Å². The standard InChI is InChI=1S/C6H5Cl2NO/c1-9-3-4(7)5(10)2-6(9)8/h2-3H,1H3. The second kappa shape index (κ2) is 2.64. The summed E-state index contributed by atoms with van der Waals surface area (Å²) in [5, 5.41) is 0.571. The monoisotopic (exact) mass is 177 g/mol. The summed E-state index contributed by atoms with van der Waals surface area (Å²) >= 11 is 11.1. The second-order valence-electron chi connectivity index (χ2n) is 1.92. The molecule has 0 unspecified atom stereocenters. The minimum atomic E-state index is -0.246. The Balaban J connectivity index is 3.43. The topological polar surface area (TPSA) is 22.0 Å². The minimum absolute atomic E-state index is 0.187. The summed E-state index contributed by atoms with van der Waals surface area (Å²) in [5.41, 5.74) is -0.246. The van der Waals surface area contributed by atoms with Crippen LogP contribution in [0.15, 0.2) is 17.1 Å². The van der Waals surface area contributed by atoms with E-state index in [4.69, 9.17) is 23.2 Å². The lowest BCUT2D eigenvalue weighted by molar-refractivity contribution is 0.901. The molecule has 1 aromatic rings. The van der Waals surface area contributed by atoms with Crippen LogP contribution in [0.3, 0.4) is 0 Å². The van der Waals surface area contributed by atoms with E-state index in [-0.39, 0.29) is 10.5 Å². The Hall–Kier alpha value is -0.470.